The van der Waals surface area contributed by atoms with Crippen molar-refractivity contribution in [1.29, 1.82) is 0 Å². The van der Waals surface area contributed by atoms with Gasteiger partial charge in [-0.3, -0.25) is 4.90 Å². The van der Waals surface area contributed by atoms with Crippen LogP contribution >= 0.6 is 11.3 Å². The fourth-order valence-electron chi connectivity index (χ4n) is 4.75. The van der Waals surface area contributed by atoms with Gasteiger partial charge in [0.05, 0.1) is 5.69 Å². The SMILES string of the molecule is CN1CCN(C[C@H]2CN3CC[C@H]2C[C@@H]3CNC(=O)Nc2ccsc2)CC1. The fraction of sp³-hybridized carbons (Fsp3) is 0.737. The summed E-state index contributed by atoms with van der Waals surface area (Å²) < 4.78 is 0. The zero-order valence-electron chi connectivity index (χ0n) is 15.7. The predicted molar refractivity (Wildman–Crippen MR) is 107 cm³/mol. The maximum absolute atomic E-state index is 12.1. The Morgan fingerprint density at radius 2 is 2.12 bits per heavy atom. The molecule has 7 heteroatoms. The number of amides is 2. The van der Waals surface area contributed by atoms with Gasteiger partial charge in [-0.1, -0.05) is 0 Å². The van der Waals surface area contributed by atoms with Crippen molar-refractivity contribution in [2.75, 3.05) is 64.7 Å². The maximum atomic E-state index is 12.1. The van der Waals surface area contributed by atoms with Crippen LogP contribution in [0, 0.1) is 11.8 Å². The minimum atomic E-state index is -0.0833. The number of piperazine rings is 1. The number of hydrogen-bond acceptors (Lipinski definition) is 5. The molecule has 1 aromatic heterocycles. The molecular formula is C19H31N5OS. The number of nitrogens with one attached hydrogen (secondary N) is 2. The van der Waals surface area contributed by atoms with Crippen LogP contribution in [0.3, 0.4) is 0 Å². The predicted octanol–water partition coefficient (Wildman–Crippen LogP) is 1.83. The van der Waals surface area contributed by atoms with Gasteiger partial charge in [-0.25, -0.2) is 4.79 Å². The topological polar surface area (TPSA) is 50.9 Å². The first-order valence-electron chi connectivity index (χ1n) is 9.89. The van der Waals surface area contributed by atoms with E-state index in [9.17, 15) is 4.79 Å². The van der Waals surface area contributed by atoms with Crippen molar-refractivity contribution in [3.8, 4) is 0 Å². The second-order valence-electron chi connectivity index (χ2n) is 8.14. The molecule has 5 rings (SSSR count). The normalized spacial score (nSPS) is 32.5. The van der Waals surface area contributed by atoms with Crippen LogP contribution in [0.4, 0.5) is 10.5 Å². The Morgan fingerprint density at radius 1 is 1.27 bits per heavy atom. The van der Waals surface area contributed by atoms with E-state index in [0.29, 0.717) is 6.04 Å². The highest BCUT2D eigenvalue weighted by atomic mass is 32.1. The van der Waals surface area contributed by atoms with Crippen LogP contribution in [0.2, 0.25) is 0 Å². The monoisotopic (exact) mass is 377 g/mol. The number of anilines is 1. The van der Waals surface area contributed by atoms with E-state index >= 15 is 0 Å². The molecule has 5 heterocycles. The molecule has 4 atom stereocenters. The van der Waals surface area contributed by atoms with Crippen LogP contribution in [-0.2, 0) is 0 Å². The van der Waals surface area contributed by atoms with Crippen LogP contribution in [0.25, 0.3) is 0 Å². The molecule has 0 radical (unpaired) electrons. The molecular weight excluding hydrogens is 346 g/mol. The van der Waals surface area contributed by atoms with E-state index in [4.69, 9.17) is 0 Å². The lowest BCUT2D eigenvalue weighted by molar-refractivity contribution is -0.0155. The number of hydrogen-bond donors (Lipinski definition) is 2. The molecule has 4 fully saturated rings. The van der Waals surface area contributed by atoms with Crippen molar-refractivity contribution in [2.45, 2.75) is 18.9 Å². The molecule has 0 saturated carbocycles. The zero-order chi connectivity index (χ0) is 17.9. The number of thiophene rings is 1. The Hall–Kier alpha value is -1.15. The van der Waals surface area contributed by atoms with E-state index in [-0.39, 0.29) is 6.03 Å². The summed E-state index contributed by atoms with van der Waals surface area (Å²) in [5, 5.41) is 9.90. The molecule has 0 spiro atoms. The zero-order valence-corrected chi connectivity index (χ0v) is 16.5. The maximum Gasteiger partial charge on any atom is 0.319 e. The number of piperidine rings is 3. The molecule has 4 aliphatic heterocycles. The summed E-state index contributed by atoms with van der Waals surface area (Å²) in [6, 6.07) is 2.35. The van der Waals surface area contributed by atoms with E-state index in [0.717, 1.165) is 24.1 Å². The van der Waals surface area contributed by atoms with Gasteiger partial charge in [-0.15, -0.1) is 0 Å². The van der Waals surface area contributed by atoms with Crippen LogP contribution in [-0.4, -0.2) is 86.2 Å². The number of nitrogens with zero attached hydrogens (tertiary/aromatic N) is 3. The minimum absolute atomic E-state index is 0.0833. The fourth-order valence-corrected chi connectivity index (χ4v) is 5.34. The second kappa shape index (κ2) is 8.25. The number of carbonyl (C=O) groups is 1. The van der Waals surface area contributed by atoms with E-state index < -0.39 is 0 Å². The quantitative estimate of drug-likeness (QED) is 0.822. The Morgan fingerprint density at radius 3 is 2.81 bits per heavy atom. The highest BCUT2D eigenvalue weighted by Gasteiger charge is 2.40. The van der Waals surface area contributed by atoms with Crippen molar-refractivity contribution in [3.63, 3.8) is 0 Å². The third kappa shape index (κ3) is 4.39. The number of rotatable bonds is 5. The first-order chi connectivity index (χ1) is 12.7. The van der Waals surface area contributed by atoms with Gasteiger partial charge in [0.15, 0.2) is 0 Å². The third-order valence-corrected chi connectivity index (χ3v) is 7.06. The molecule has 0 aromatic carbocycles. The van der Waals surface area contributed by atoms with E-state index in [1.54, 1.807) is 11.3 Å². The lowest BCUT2D eigenvalue weighted by Gasteiger charge is -2.51. The summed E-state index contributed by atoms with van der Waals surface area (Å²) in [6.07, 6.45) is 2.56. The van der Waals surface area contributed by atoms with Gasteiger partial charge in [0.25, 0.3) is 0 Å². The Labute approximate surface area is 160 Å². The molecule has 1 unspecified atom stereocenters. The standard InChI is InChI=1S/C19H31N5OS/c1-22-5-7-23(8-6-22)12-16-13-24-4-2-15(16)10-18(24)11-20-19(25)21-17-3-9-26-14-17/h3,9,14-16,18H,2,4-8,10-13H2,1H3,(H2,20,21,25)/t15-,16-,18+/m0/s1. The summed E-state index contributed by atoms with van der Waals surface area (Å²) in [6.45, 7) is 9.25. The third-order valence-electron chi connectivity index (χ3n) is 6.38. The first kappa shape index (κ1) is 18.2. The average molecular weight is 378 g/mol. The van der Waals surface area contributed by atoms with Gasteiger partial charge in [-0.2, -0.15) is 11.3 Å². The molecule has 2 bridgehead atoms. The molecule has 2 N–H and O–H groups in total. The van der Waals surface area contributed by atoms with Crippen LogP contribution in [0.15, 0.2) is 16.8 Å². The van der Waals surface area contributed by atoms with E-state index in [1.807, 2.05) is 16.8 Å². The van der Waals surface area contributed by atoms with Gasteiger partial charge < -0.3 is 20.4 Å². The smallest absolute Gasteiger partial charge is 0.319 e. The minimum Gasteiger partial charge on any atom is -0.336 e. The molecule has 0 aliphatic carbocycles. The summed E-state index contributed by atoms with van der Waals surface area (Å²) in [7, 11) is 2.22. The van der Waals surface area contributed by atoms with Gasteiger partial charge in [0, 0.05) is 57.2 Å². The molecule has 2 amide bonds. The molecule has 26 heavy (non-hydrogen) atoms. The van der Waals surface area contributed by atoms with Crippen molar-refractivity contribution in [3.05, 3.63) is 16.8 Å². The highest BCUT2D eigenvalue weighted by molar-refractivity contribution is 7.08. The van der Waals surface area contributed by atoms with E-state index in [2.05, 4.69) is 32.4 Å². The van der Waals surface area contributed by atoms with Crippen molar-refractivity contribution < 1.29 is 4.79 Å². The van der Waals surface area contributed by atoms with Gasteiger partial charge >= 0.3 is 6.03 Å². The molecule has 1 aromatic rings. The number of carbonyl (C=O) groups excluding carboxylic acids is 1. The Bertz CT molecular complexity index is 587. The second-order valence-corrected chi connectivity index (χ2v) is 8.92. The molecule has 6 nitrogen and oxygen atoms in total. The van der Waals surface area contributed by atoms with Crippen molar-refractivity contribution in [1.82, 2.24) is 20.0 Å². The van der Waals surface area contributed by atoms with Crippen LogP contribution in [0.5, 0.6) is 0 Å². The van der Waals surface area contributed by atoms with E-state index in [1.165, 1.54) is 58.7 Å². The lowest BCUT2D eigenvalue weighted by Crippen LogP contribution is -2.59. The molecule has 144 valence electrons. The molecule has 4 aliphatic rings. The Kier molecular flexibility index (Phi) is 5.78. The number of likely N-dealkylation sites (N-methyl/N-ethyl adjacent to an activating group) is 1. The number of fused-ring (bicyclic) bond motifs is 3. The summed E-state index contributed by atoms with van der Waals surface area (Å²) in [5.41, 5.74) is 0.880. The van der Waals surface area contributed by atoms with Crippen molar-refractivity contribution >= 4 is 23.1 Å². The summed E-state index contributed by atoms with van der Waals surface area (Å²) in [5.74, 6) is 1.63. The first-order valence-corrected chi connectivity index (χ1v) is 10.8. The summed E-state index contributed by atoms with van der Waals surface area (Å²) >= 11 is 1.59. The van der Waals surface area contributed by atoms with Gasteiger partial charge in [0.2, 0.25) is 0 Å². The van der Waals surface area contributed by atoms with Gasteiger partial charge in [0.1, 0.15) is 0 Å². The van der Waals surface area contributed by atoms with Crippen molar-refractivity contribution in [2.24, 2.45) is 11.8 Å². The van der Waals surface area contributed by atoms with Gasteiger partial charge in [-0.05, 0) is 49.7 Å². The largest absolute Gasteiger partial charge is 0.336 e. The number of urea groups is 1. The highest BCUT2D eigenvalue weighted by Crippen LogP contribution is 2.36. The summed E-state index contributed by atoms with van der Waals surface area (Å²) in [4.78, 5) is 19.8. The molecule has 4 saturated heterocycles. The lowest BCUT2D eigenvalue weighted by atomic mass is 9.75. The van der Waals surface area contributed by atoms with Crippen LogP contribution in [0.1, 0.15) is 12.8 Å². The Balaban J connectivity index is 1.22. The average Bonchev–Trinajstić information content (AvgIpc) is 3.16. The van der Waals surface area contributed by atoms with Crippen LogP contribution < -0.4 is 10.6 Å².